The summed E-state index contributed by atoms with van der Waals surface area (Å²) in [4.78, 5) is 32.3. The van der Waals surface area contributed by atoms with Crippen molar-refractivity contribution in [2.24, 2.45) is 0 Å². The lowest BCUT2D eigenvalue weighted by Gasteiger charge is -2.37. The maximum absolute atomic E-state index is 13.1. The number of carbonyl (C=O) groups is 1. The molecule has 0 aliphatic carbocycles. The molecule has 7 heteroatoms. The van der Waals surface area contributed by atoms with Gasteiger partial charge in [-0.3, -0.25) is 4.79 Å². The highest BCUT2D eigenvalue weighted by atomic mass is 16.2. The van der Waals surface area contributed by atoms with Crippen molar-refractivity contribution in [3.8, 4) is 0 Å². The SMILES string of the molecule is CN1CCN(c2nc3c(c(N4CCCCC4)n2)CN(C(=O)c2ccccc2)CC3)CC1. The third-order valence-electron chi connectivity index (χ3n) is 6.78. The molecule has 1 aromatic carbocycles. The summed E-state index contributed by atoms with van der Waals surface area (Å²) in [7, 11) is 2.17. The number of likely N-dealkylation sites (N-methyl/N-ethyl adjacent to an activating group) is 1. The van der Waals surface area contributed by atoms with Crippen molar-refractivity contribution in [1.29, 1.82) is 0 Å². The van der Waals surface area contributed by atoms with Gasteiger partial charge in [0.05, 0.1) is 12.2 Å². The summed E-state index contributed by atoms with van der Waals surface area (Å²) in [6.07, 6.45) is 4.48. The number of hydrogen-bond donors (Lipinski definition) is 0. The van der Waals surface area contributed by atoms with E-state index >= 15 is 0 Å². The number of rotatable bonds is 3. The minimum absolute atomic E-state index is 0.0963. The number of hydrogen-bond acceptors (Lipinski definition) is 6. The second kappa shape index (κ2) is 8.83. The van der Waals surface area contributed by atoms with E-state index in [0.29, 0.717) is 13.1 Å². The molecule has 0 unspecified atom stereocenters. The first-order valence-electron chi connectivity index (χ1n) is 11.6. The predicted molar refractivity (Wildman–Crippen MR) is 123 cm³/mol. The molecular formula is C24H32N6O. The van der Waals surface area contributed by atoms with Gasteiger partial charge < -0.3 is 19.6 Å². The van der Waals surface area contributed by atoms with Gasteiger partial charge in [-0.15, -0.1) is 0 Å². The number of nitrogens with zero attached hydrogens (tertiary/aromatic N) is 6. The lowest BCUT2D eigenvalue weighted by molar-refractivity contribution is 0.0733. The summed E-state index contributed by atoms with van der Waals surface area (Å²) in [5, 5.41) is 0. The van der Waals surface area contributed by atoms with Gasteiger partial charge in [0.1, 0.15) is 5.82 Å². The van der Waals surface area contributed by atoms with E-state index in [-0.39, 0.29) is 5.91 Å². The molecule has 2 saturated heterocycles. The van der Waals surface area contributed by atoms with E-state index in [1.165, 1.54) is 19.3 Å². The first-order chi connectivity index (χ1) is 15.2. The van der Waals surface area contributed by atoms with Gasteiger partial charge in [0, 0.05) is 63.4 Å². The van der Waals surface area contributed by atoms with Gasteiger partial charge in [0.25, 0.3) is 5.91 Å². The molecule has 0 radical (unpaired) electrons. The normalized spacial score (nSPS) is 20.0. The molecule has 4 heterocycles. The summed E-state index contributed by atoms with van der Waals surface area (Å²) in [5.41, 5.74) is 3.03. The van der Waals surface area contributed by atoms with Crippen molar-refractivity contribution in [2.45, 2.75) is 32.2 Å². The summed E-state index contributed by atoms with van der Waals surface area (Å²) in [6.45, 7) is 7.40. The topological polar surface area (TPSA) is 55.8 Å². The Hall–Kier alpha value is -2.67. The van der Waals surface area contributed by atoms with Gasteiger partial charge in [0.2, 0.25) is 5.95 Å². The van der Waals surface area contributed by atoms with Crippen LogP contribution in [0.5, 0.6) is 0 Å². The number of benzene rings is 1. The van der Waals surface area contributed by atoms with Crippen molar-refractivity contribution in [3.63, 3.8) is 0 Å². The van der Waals surface area contributed by atoms with Gasteiger partial charge in [-0.1, -0.05) is 18.2 Å². The Bertz CT molecular complexity index is 919. The maximum Gasteiger partial charge on any atom is 0.254 e. The van der Waals surface area contributed by atoms with Crippen LogP contribution in [0.2, 0.25) is 0 Å². The van der Waals surface area contributed by atoms with Crippen LogP contribution in [0.3, 0.4) is 0 Å². The van der Waals surface area contributed by atoms with Gasteiger partial charge >= 0.3 is 0 Å². The van der Waals surface area contributed by atoms with Gasteiger partial charge in [-0.2, -0.15) is 4.98 Å². The second-order valence-electron chi connectivity index (χ2n) is 8.95. The fraction of sp³-hybridized carbons (Fsp3) is 0.542. The average molecular weight is 421 g/mol. The third kappa shape index (κ3) is 4.24. The number of carbonyl (C=O) groups excluding carboxylic acids is 1. The minimum Gasteiger partial charge on any atom is -0.356 e. The molecule has 0 atom stereocenters. The summed E-state index contributed by atoms with van der Waals surface area (Å²) in [6, 6.07) is 9.60. The lowest BCUT2D eigenvalue weighted by atomic mass is 10.0. The van der Waals surface area contributed by atoms with E-state index in [2.05, 4.69) is 21.7 Å². The lowest BCUT2D eigenvalue weighted by Crippen LogP contribution is -2.46. The summed E-state index contributed by atoms with van der Waals surface area (Å²) >= 11 is 0. The molecule has 0 saturated carbocycles. The van der Waals surface area contributed by atoms with E-state index in [0.717, 1.165) is 74.3 Å². The molecule has 2 aromatic rings. The van der Waals surface area contributed by atoms with Crippen LogP contribution in [0, 0.1) is 0 Å². The molecule has 2 fully saturated rings. The predicted octanol–water partition coefficient (Wildman–Crippen LogP) is 2.42. The van der Waals surface area contributed by atoms with E-state index in [1.54, 1.807) is 0 Å². The van der Waals surface area contributed by atoms with Crippen LogP contribution in [0.25, 0.3) is 0 Å². The monoisotopic (exact) mass is 420 g/mol. The molecule has 1 amide bonds. The van der Waals surface area contributed by atoms with Crippen molar-refractivity contribution in [2.75, 3.05) is 62.7 Å². The molecule has 5 rings (SSSR count). The molecule has 0 bridgehead atoms. The molecule has 0 N–H and O–H groups in total. The quantitative estimate of drug-likeness (QED) is 0.760. The van der Waals surface area contributed by atoms with Gasteiger partial charge in [-0.05, 0) is 38.4 Å². The van der Waals surface area contributed by atoms with Crippen LogP contribution in [-0.4, -0.2) is 78.5 Å². The fourth-order valence-electron chi connectivity index (χ4n) is 4.84. The highest BCUT2D eigenvalue weighted by molar-refractivity contribution is 5.94. The largest absolute Gasteiger partial charge is 0.356 e. The van der Waals surface area contributed by atoms with Crippen LogP contribution in [0.4, 0.5) is 11.8 Å². The van der Waals surface area contributed by atoms with Gasteiger partial charge in [0.15, 0.2) is 0 Å². The second-order valence-corrected chi connectivity index (χ2v) is 8.95. The molecule has 7 nitrogen and oxygen atoms in total. The molecule has 164 valence electrons. The van der Waals surface area contributed by atoms with Crippen LogP contribution in [0.1, 0.15) is 40.9 Å². The molecular weight excluding hydrogens is 388 g/mol. The molecule has 0 spiro atoms. The molecule has 31 heavy (non-hydrogen) atoms. The van der Waals surface area contributed by atoms with Crippen molar-refractivity contribution in [1.82, 2.24) is 19.8 Å². The first kappa shape index (κ1) is 20.2. The number of aromatic nitrogens is 2. The Morgan fingerprint density at radius 3 is 2.32 bits per heavy atom. The Labute approximate surface area is 184 Å². The summed E-state index contributed by atoms with van der Waals surface area (Å²) in [5.74, 6) is 2.03. The zero-order valence-electron chi connectivity index (χ0n) is 18.5. The first-order valence-corrected chi connectivity index (χ1v) is 11.6. The summed E-state index contributed by atoms with van der Waals surface area (Å²) < 4.78 is 0. The van der Waals surface area contributed by atoms with Crippen LogP contribution in [0.15, 0.2) is 30.3 Å². The van der Waals surface area contributed by atoms with Crippen LogP contribution < -0.4 is 9.80 Å². The molecule has 3 aliphatic rings. The molecule has 3 aliphatic heterocycles. The number of piperidine rings is 1. The maximum atomic E-state index is 13.1. The van der Waals surface area contributed by atoms with Crippen LogP contribution in [-0.2, 0) is 13.0 Å². The Balaban J connectivity index is 1.46. The van der Waals surface area contributed by atoms with Crippen LogP contribution >= 0.6 is 0 Å². The standard InChI is InChI=1S/C24H32N6O/c1-27-14-16-29(17-15-27)24-25-21-10-13-30(23(31)19-8-4-2-5-9-19)18-20(21)22(26-24)28-11-6-3-7-12-28/h2,4-5,8-9H,3,6-7,10-18H2,1H3. The smallest absolute Gasteiger partial charge is 0.254 e. The van der Waals surface area contributed by atoms with E-state index in [9.17, 15) is 4.79 Å². The number of anilines is 2. The number of piperazine rings is 1. The van der Waals surface area contributed by atoms with E-state index in [1.807, 2.05) is 35.2 Å². The van der Waals surface area contributed by atoms with Crippen molar-refractivity contribution >= 4 is 17.7 Å². The zero-order valence-corrected chi connectivity index (χ0v) is 18.5. The highest BCUT2D eigenvalue weighted by Crippen LogP contribution is 2.31. The Morgan fingerprint density at radius 1 is 0.839 bits per heavy atom. The fourth-order valence-corrected chi connectivity index (χ4v) is 4.84. The van der Waals surface area contributed by atoms with Gasteiger partial charge in [-0.25, -0.2) is 4.98 Å². The number of fused-ring (bicyclic) bond motifs is 1. The van der Waals surface area contributed by atoms with E-state index in [4.69, 9.17) is 9.97 Å². The number of amides is 1. The minimum atomic E-state index is 0.0963. The Kier molecular flexibility index (Phi) is 5.76. The zero-order chi connectivity index (χ0) is 21.2. The third-order valence-corrected chi connectivity index (χ3v) is 6.78. The van der Waals surface area contributed by atoms with Crippen molar-refractivity contribution in [3.05, 3.63) is 47.2 Å². The average Bonchev–Trinajstić information content (AvgIpc) is 2.84. The molecule has 1 aromatic heterocycles. The highest BCUT2D eigenvalue weighted by Gasteiger charge is 2.30. The van der Waals surface area contributed by atoms with Crippen molar-refractivity contribution < 1.29 is 4.79 Å². The van der Waals surface area contributed by atoms with E-state index < -0.39 is 0 Å². The Morgan fingerprint density at radius 2 is 1.58 bits per heavy atom.